The van der Waals surface area contributed by atoms with E-state index in [0.29, 0.717) is 30.4 Å². The Morgan fingerprint density at radius 3 is 2.45 bits per heavy atom. The van der Waals surface area contributed by atoms with E-state index in [1.54, 1.807) is 12.1 Å². The van der Waals surface area contributed by atoms with Crippen molar-refractivity contribution < 1.29 is 9.53 Å². The smallest absolute Gasteiger partial charge is 0.257 e. The van der Waals surface area contributed by atoms with Crippen molar-refractivity contribution in [3.05, 3.63) is 77.1 Å². The monoisotopic (exact) mass is 419 g/mol. The van der Waals surface area contributed by atoms with Gasteiger partial charge in [0.2, 0.25) is 5.96 Å². The van der Waals surface area contributed by atoms with Crippen LogP contribution in [0, 0.1) is 13.8 Å². The lowest BCUT2D eigenvalue weighted by molar-refractivity contribution is 0.0977. The Kier molecular flexibility index (Phi) is 7.43. The Hall–Kier alpha value is -3.61. The van der Waals surface area contributed by atoms with Gasteiger partial charge >= 0.3 is 0 Å². The van der Waals surface area contributed by atoms with E-state index >= 15 is 0 Å². The first kappa shape index (κ1) is 22.1. The number of carbonyl (C=O) groups excluding carboxylic acids is 1. The largest absolute Gasteiger partial charge is 0.492 e. The zero-order valence-corrected chi connectivity index (χ0v) is 18.5. The normalized spacial score (nSPS) is 11.3. The minimum atomic E-state index is -0.238. The van der Waals surface area contributed by atoms with Gasteiger partial charge < -0.3 is 10.1 Å². The molecule has 1 amide bonds. The molecule has 3 rings (SSSR count). The number of aryl methyl sites for hydroxylation is 2. The van der Waals surface area contributed by atoms with Crippen LogP contribution in [0.3, 0.4) is 0 Å². The van der Waals surface area contributed by atoms with Crippen LogP contribution in [-0.2, 0) is 13.1 Å². The number of amides is 1. The van der Waals surface area contributed by atoms with Crippen LogP contribution in [0.15, 0.2) is 59.6 Å². The maximum absolute atomic E-state index is 12.8. The Morgan fingerprint density at radius 2 is 1.77 bits per heavy atom. The molecule has 31 heavy (non-hydrogen) atoms. The minimum Gasteiger partial charge on any atom is -0.492 e. The molecule has 0 saturated heterocycles. The number of ether oxygens (including phenoxy) is 1. The summed E-state index contributed by atoms with van der Waals surface area (Å²) in [5.74, 6) is 0.806. The molecule has 1 aromatic heterocycles. The zero-order chi connectivity index (χ0) is 22.2. The van der Waals surface area contributed by atoms with Gasteiger partial charge in [-0.15, -0.1) is 0 Å². The molecule has 0 aliphatic rings. The van der Waals surface area contributed by atoms with Crippen LogP contribution in [0.1, 0.15) is 41.2 Å². The Balaban J connectivity index is 1.89. The maximum atomic E-state index is 12.8. The highest BCUT2D eigenvalue weighted by atomic mass is 16.5. The second-order valence-corrected chi connectivity index (χ2v) is 7.00. The zero-order valence-electron chi connectivity index (χ0n) is 18.5. The van der Waals surface area contributed by atoms with Crippen molar-refractivity contribution in [2.24, 2.45) is 4.99 Å². The SMILES string of the molecule is CCOc1ccccc1NC(=NCc1c(C)nn(CC)c1C)NC(=O)c1ccccc1. The van der Waals surface area contributed by atoms with Crippen LogP contribution < -0.4 is 15.4 Å². The molecule has 162 valence electrons. The number of aromatic nitrogens is 2. The Labute approximate surface area is 183 Å². The number of nitrogens with zero attached hydrogens (tertiary/aromatic N) is 3. The summed E-state index contributed by atoms with van der Waals surface area (Å²) in [6.45, 7) is 9.73. The molecule has 0 unspecified atom stereocenters. The molecule has 0 spiro atoms. The van der Waals surface area contributed by atoms with Gasteiger partial charge in [0, 0.05) is 23.4 Å². The van der Waals surface area contributed by atoms with Crippen LogP contribution in [0.5, 0.6) is 5.75 Å². The summed E-state index contributed by atoms with van der Waals surface area (Å²) in [4.78, 5) is 17.5. The summed E-state index contributed by atoms with van der Waals surface area (Å²) >= 11 is 0. The maximum Gasteiger partial charge on any atom is 0.257 e. The van der Waals surface area contributed by atoms with E-state index in [1.165, 1.54) is 0 Å². The molecule has 7 nitrogen and oxygen atoms in total. The average Bonchev–Trinajstić information content (AvgIpc) is 3.06. The van der Waals surface area contributed by atoms with Crippen LogP contribution in [0.25, 0.3) is 0 Å². The molecule has 0 bridgehead atoms. The van der Waals surface area contributed by atoms with Gasteiger partial charge in [0.05, 0.1) is 24.5 Å². The lowest BCUT2D eigenvalue weighted by Gasteiger charge is -2.15. The van der Waals surface area contributed by atoms with Gasteiger partial charge in [0.15, 0.2) is 0 Å². The van der Waals surface area contributed by atoms with Crippen LogP contribution in [-0.4, -0.2) is 28.3 Å². The number of nitrogens with one attached hydrogen (secondary N) is 2. The Bertz CT molecular complexity index is 1060. The van der Waals surface area contributed by atoms with Gasteiger partial charge in [-0.3, -0.25) is 14.8 Å². The van der Waals surface area contributed by atoms with Gasteiger partial charge in [0.25, 0.3) is 5.91 Å². The van der Waals surface area contributed by atoms with Crippen molar-refractivity contribution in [1.82, 2.24) is 15.1 Å². The summed E-state index contributed by atoms with van der Waals surface area (Å²) in [6, 6.07) is 16.6. The number of anilines is 1. The van der Waals surface area contributed by atoms with E-state index in [1.807, 2.05) is 67.9 Å². The number of hydrogen-bond donors (Lipinski definition) is 2. The predicted octanol–water partition coefficient (Wildman–Crippen LogP) is 4.32. The number of hydrogen-bond acceptors (Lipinski definition) is 4. The van der Waals surface area contributed by atoms with E-state index in [9.17, 15) is 4.79 Å². The second-order valence-electron chi connectivity index (χ2n) is 7.00. The summed E-state index contributed by atoms with van der Waals surface area (Å²) < 4.78 is 7.66. The van der Waals surface area contributed by atoms with E-state index in [-0.39, 0.29) is 5.91 Å². The summed E-state index contributed by atoms with van der Waals surface area (Å²) in [5.41, 5.74) is 4.35. The first-order valence-electron chi connectivity index (χ1n) is 10.5. The first-order chi connectivity index (χ1) is 15.0. The molecule has 2 N–H and O–H groups in total. The highest BCUT2D eigenvalue weighted by Crippen LogP contribution is 2.23. The summed E-state index contributed by atoms with van der Waals surface area (Å²) in [5, 5.41) is 10.7. The van der Waals surface area contributed by atoms with Gasteiger partial charge in [-0.25, -0.2) is 4.99 Å². The molecule has 0 fully saturated rings. The van der Waals surface area contributed by atoms with Crippen molar-refractivity contribution in [3.8, 4) is 5.75 Å². The summed E-state index contributed by atoms with van der Waals surface area (Å²) in [7, 11) is 0. The average molecular weight is 420 g/mol. The lowest BCUT2D eigenvalue weighted by atomic mass is 10.2. The third-order valence-corrected chi connectivity index (χ3v) is 4.93. The first-order valence-corrected chi connectivity index (χ1v) is 10.5. The number of aliphatic imine (C=N–C) groups is 1. The van der Waals surface area contributed by atoms with E-state index < -0.39 is 0 Å². The number of carbonyl (C=O) groups is 1. The topological polar surface area (TPSA) is 80.5 Å². The number of rotatable bonds is 7. The van der Waals surface area contributed by atoms with Gasteiger partial charge in [-0.05, 0) is 52.0 Å². The van der Waals surface area contributed by atoms with Crippen LogP contribution >= 0.6 is 0 Å². The van der Waals surface area contributed by atoms with E-state index in [4.69, 9.17) is 4.74 Å². The molecule has 7 heteroatoms. The van der Waals surface area contributed by atoms with Gasteiger partial charge in [-0.1, -0.05) is 30.3 Å². The van der Waals surface area contributed by atoms with Crippen LogP contribution in [0.4, 0.5) is 5.69 Å². The highest BCUT2D eigenvalue weighted by molar-refractivity contribution is 6.10. The van der Waals surface area contributed by atoms with Gasteiger partial charge in [-0.2, -0.15) is 5.10 Å². The van der Waals surface area contributed by atoms with Crippen molar-refractivity contribution in [2.75, 3.05) is 11.9 Å². The summed E-state index contributed by atoms with van der Waals surface area (Å²) in [6.07, 6.45) is 0. The molecular formula is C24H29N5O2. The number of benzene rings is 2. The second kappa shape index (κ2) is 10.4. The van der Waals surface area contributed by atoms with Crippen molar-refractivity contribution in [1.29, 1.82) is 0 Å². The van der Waals surface area contributed by atoms with Crippen molar-refractivity contribution in [2.45, 2.75) is 40.8 Å². The minimum absolute atomic E-state index is 0.238. The molecule has 0 aliphatic carbocycles. The molecule has 0 atom stereocenters. The highest BCUT2D eigenvalue weighted by Gasteiger charge is 2.14. The van der Waals surface area contributed by atoms with E-state index in [2.05, 4.69) is 27.6 Å². The van der Waals surface area contributed by atoms with Crippen molar-refractivity contribution in [3.63, 3.8) is 0 Å². The fourth-order valence-corrected chi connectivity index (χ4v) is 3.29. The molecule has 3 aromatic rings. The van der Waals surface area contributed by atoms with Gasteiger partial charge in [0.1, 0.15) is 5.75 Å². The van der Waals surface area contributed by atoms with Crippen LogP contribution in [0.2, 0.25) is 0 Å². The molecule has 2 aromatic carbocycles. The number of guanidine groups is 1. The molecule has 1 heterocycles. The molecule has 0 radical (unpaired) electrons. The molecular weight excluding hydrogens is 390 g/mol. The molecule has 0 saturated carbocycles. The third-order valence-electron chi connectivity index (χ3n) is 4.93. The van der Waals surface area contributed by atoms with E-state index in [0.717, 1.165) is 29.2 Å². The fourth-order valence-electron chi connectivity index (χ4n) is 3.29. The standard InChI is InChI=1S/C24H29N5O2/c1-5-29-18(4)20(17(3)28-29)16-25-24(27-23(30)19-12-8-7-9-13-19)26-21-14-10-11-15-22(21)31-6-2/h7-15H,5-6,16H2,1-4H3,(H2,25,26,27,30). The quantitative estimate of drug-likeness (QED) is 0.442. The predicted molar refractivity (Wildman–Crippen MR) is 124 cm³/mol. The lowest BCUT2D eigenvalue weighted by Crippen LogP contribution is -2.36. The fraction of sp³-hybridized carbons (Fsp3) is 0.292. The number of para-hydroxylation sites is 2. The third kappa shape index (κ3) is 5.51. The molecule has 0 aliphatic heterocycles. The Morgan fingerprint density at radius 1 is 1.06 bits per heavy atom. The van der Waals surface area contributed by atoms with Crippen molar-refractivity contribution >= 4 is 17.6 Å².